The smallest absolute Gasteiger partial charge is 0.240 e. The van der Waals surface area contributed by atoms with E-state index in [-0.39, 0.29) is 6.10 Å². The lowest BCUT2D eigenvalue weighted by Gasteiger charge is -2.12. The molecule has 1 aromatic carbocycles. The SMILES string of the molecule is CC(C)Cc1ccc(S(=O)(=O)NC[C@@H]2CCCO2)cc1. The van der Waals surface area contributed by atoms with Gasteiger partial charge in [-0.15, -0.1) is 0 Å². The van der Waals surface area contributed by atoms with Crippen molar-refractivity contribution < 1.29 is 13.2 Å². The molecule has 0 amide bonds. The zero-order valence-corrected chi connectivity index (χ0v) is 12.9. The molecular formula is C15H23NO3S. The molecule has 0 radical (unpaired) electrons. The van der Waals surface area contributed by atoms with Crippen molar-refractivity contribution in [2.45, 2.75) is 44.1 Å². The fraction of sp³-hybridized carbons (Fsp3) is 0.600. The molecule has 2 rings (SSSR count). The molecule has 0 saturated carbocycles. The van der Waals surface area contributed by atoms with Gasteiger partial charge in [0.05, 0.1) is 11.0 Å². The molecule has 0 spiro atoms. The molecule has 1 fully saturated rings. The summed E-state index contributed by atoms with van der Waals surface area (Å²) in [6.45, 7) is 5.38. The highest BCUT2D eigenvalue weighted by Crippen LogP contribution is 2.15. The quantitative estimate of drug-likeness (QED) is 0.877. The first-order chi connectivity index (χ1) is 9.47. The van der Waals surface area contributed by atoms with Crippen molar-refractivity contribution >= 4 is 10.0 Å². The molecular weight excluding hydrogens is 274 g/mol. The van der Waals surface area contributed by atoms with E-state index in [0.29, 0.717) is 17.4 Å². The van der Waals surface area contributed by atoms with Gasteiger partial charge in [-0.05, 0) is 42.9 Å². The monoisotopic (exact) mass is 297 g/mol. The number of rotatable bonds is 6. The van der Waals surface area contributed by atoms with Gasteiger partial charge in [-0.3, -0.25) is 0 Å². The van der Waals surface area contributed by atoms with Crippen LogP contribution in [0.25, 0.3) is 0 Å². The van der Waals surface area contributed by atoms with Crippen LogP contribution in [0.5, 0.6) is 0 Å². The molecule has 1 saturated heterocycles. The highest BCUT2D eigenvalue weighted by atomic mass is 32.2. The van der Waals surface area contributed by atoms with Crippen molar-refractivity contribution in [1.29, 1.82) is 0 Å². The van der Waals surface area contributed by atoms with Crippen LogP contribution in [0, 0.1) is 5.92 Å². The second kappa shape index (κ2) is 6.70. The molecule has 4 nitrogen and oxygen atoms in total. The summed E-state index contributed by atoms with van der Waals surface area (Å²) in [5.74, 6) is 0.565. The standard InChI is InChI=1S/C15H23NO3S/c1-12(2)10-13-5-7-15(8-6-13)20(17,18)16-11-14-4-3-9-19-14/h5-8,12,14,16H,3-4,9-11H2,1-2H3/t14-/m0/s1. The van der Waals surface area contributed by atoms with Crippen molar-refractivity contribution in [3.05, 3.63) is 29.8 Å². The van der Waals surface area contributed by atoms with Gasteiger partial charge in [0.2, 0.25) is 10.0 Å². The lowest BCUT2D eigenvalue weighted by atomic mass is 10.0. The van der Waals surface area contributed by atoms with E-state index in [9.17, 15) is 8.42 Å². The number of sulfonamides is 1. The van der Waals surface area contributed by atoms with Gasteiger partial charge in [0.15, 0.2) is 0 Å². The minimum atomic E-state index is -3.42. The fourth-order valence-corrected chi connectivity index (χ4v) is 3.43. The third-order valence-electron chi connectivity index (χ3n) is 3.40. The van der Waals surface area contributed by atoms with E-state index in [1.54, 1.807) is 12.1 Å². The molecule has 1 aliphatic heterocycles. The van der Waals surface area contributed by atoms with E-state index in [4.69, 9.17) is 4.74 Å². The summed E-state index contributed by atoms with van der Waals surface area (Å²) in [6, 6.07) is 7.13. The van der Waals surface area contributed by atoms with Crippen LogP contribution in [0.4, 0.5) is 0 Å². The summed E-state index contributed by atoms with van der Waals surface area (Å²) in [5.41, 5.74) is 1.16. The Morgan fingerprint density at radius 1 is 1.30 bits per heavy atom. The molecule has 0 aliphatic carbocycles. The van der Waals surface area contributed by atoms with Crippen LogP contribution in [0.3, 0.4) is 0 Å². The predicted octanol–water partition coefficient (Wildman–Crippen LogP) is 2.34. The van der Waals surface area contributed by atoms with E-state index < -0.39 is 10.0 Å². The van der Waals surface area contributed by atoms with Gasteiger partial charge < -0.3 is 4.74 Å². The second-order valence-corrected chi connectivity index (χ2v) is 7.50. The lowest BCUT2D eigenvalue weighted by molar-refractivity contribution is 0.114. The topological polar surface area (TPSA) is 55.4 Å². The van der Waals surface area contributed by atoms with E-state index in [2.05, 4.69) is 18.6 Å². The molecule has 5 heteroatoms. The minimum absolute atomic E-state index is 0.0185. The summed E-state index contributed by atoms with van der Waals surface area (Å²) in [7, 11) is -3.42. The molecule has 0 aromatic heterocycles. The van der Waals surface area contributed by atoms with E-state index in [0.717, 1.165) is 31.4 Å². The van der Waals surface area contributed by atoms with Gasteiger partial charge in [-0.2, -0.15) is 0 Å². The largest absolute Gasteiger partial charge is 0.377 e. The van der Waals surface area contributed by atoms with E-state index in [1.165, 1.54) is 0 Å². The van der Waals surface area contributed by atoms with Gasteiger partial charge >= 0.3 is 0 Å². The third kappa shape index (κ3) is 4.30. The molecule has 1 N–H and O–H groups in total. The number of ether oxygens (including phenoxy) is 1. The van der Waals surface area contributed by atoms with Crippen LogP contribution in [0.15, 0.2) is 29.2 Å². The Morgan fingerprint density at radius 3 is 2.55 bits per heavy atom. The van der Waals surface area contributed by atoms with E-state index >= 15 is 0 Å². The summed E-state index contributed by atoms with van der Waals surface area (Å²) < 4.78 is 32.4. The number of benzene rings is 1. The summed E-state index contributed by atoms with van der Waals surface area (Å²) in [6.07, 6.45) is 2.92. The summed E-state index contributed by atoms with van der Waals surface area (Å²) in [5, 5.41) is 0. The first-order valence-electron chi connectivity index (χ1n) is 7.17. The minimum Gasteiger partial charge on any atom is -0.377 e. The molecule has 1 atom stereocenters. The Kier molecular flexibility index (Phi) is 5.18. The van der Waals surface area contributed by atoms with Crippen LogP contribution in [0.1, 0.15) is 32.3 Å². The maximum atomic E-state index is 12.2. The number of hydrogen-bond donors (Lipinski definition) is 1. The van der Waals surface area contributed by atoms with Crippen molar-refractivity contribution in [2.75, 3.05) is 13.2 Å². The highest BCUT2D eigenvalue weighted by molar-refractivity contribution is 7.89. The van der Waals surface area contributed by atoms with Gasteiger partial charge in [0.25, 0.3) is 0 Å². The van der Waals surface area contributed by atoms with Crippen LogP contribution < -0.4 is 4.72 Å². The molecule has 0 bridgehead atoms. The van der Waals surface area contributed by atoms with Crippen molar-refractivity contribution in [3.63, 3.8) is 0 Å². The Morgan fingerprint density at radius 2 is 2.00 bits per heavy atom. The van der Waals surface area contributed by atoms with Crippen molar-refractivity contribution in [1.82, 2.24) is 4.72 Å². The van der Waals surface area contributed by atoms with Crippen LogP contribution in [0.2, 0.25) is 0 Å². The van der Waals surface area contributed by atoms with Gasteiger partial charge in [-0.1, -0.05) is 26.0 Å². The molecule has 20 heavy (non-hydrogen) atoms. The zero-order chi connectivity index (χ0) is 14.6. The molecule has 1 aliphatic rings. The maximum absolute atomic E-state index is 12.2. The van der Waals surface area contributed by atoms with Crippen LogP contribution in [-0.2, 0) is 21.2 Å². The first kappa shape index (κ1) is 15.5. The second-order valence-electron chi connectivity index (χ2n) is 5.73. The average molecular weight is 297 g/mol. The third-order valence-corrected chi connectivity index (χ3v) is 4.84. The predicted molar refractivity (Wildman–Crippen MR) is 79.1 cm³/mol. The van der Waals surface area contributed by atoms with Crippen LogP contribution >= 0.6 is 0 Å². The number of hydrogen-bond acceptors (Lipinski definition) is 3. The maximum Gasteiger partial charge on any atom is 0.240 e. The van der Waals surface area contributed by atoms with Crippen molar-refractivity contribution in [3.8, 4) is 0 Å². The zero-order valence-electron chi connectivity index (χ0n) is 12.1. The molecule has 0 unspecified atom stereocenters. The summed E-state index contributed by atoms with van der Waals surface area (Å²) in [4.78, 5) is 0.322. The van der Waals surface area contributed by atoms with Gasteiger partial charge in [-0.25, -0.2) is 13.1 Å². The fourth-order valence-electron chi connectivity index (χ4n) is 2.37. The highest BCUT2D eigenvalue weighted by Gasteiger charge is 2.20. The normalized spacial score (nSPS) is 19.6. The summed E-state index contributed by atoms with van der Waals surface area (Å²) >= 11 is 0. The Labute approximate surface area is 121 Å². The molecule has 1 aromatic rings. The number of nitrogens with one attached hydrogen (secondary N) is 1. The average Bonchev–Trinajstić information content (AvgIpc) is 2.89. The lowest BCUT2D eigenvalue weighted by Crippen LogP contribution is -2.31. The Bertz CT molecular complexity index is 517. The Balaban J connectivity index is 1.97. The van der Waals surface area contributed by atoms with E-state index in [1.807, 2.05) is 12.1 Å². The Hall–Kier alpha value is -0.910. The molecule has 112 valence electrons. The van der Waals surface area contributed by atoms with Gasteiger partial charge in [0, 0.05) is 13.2 Å². The van der Waals surface area contributed by atoms with Crippen molar-refractivity contribution in [2.24, 2.45) is 5.92 Å². The first-order valence-corrected chi connectivity index (χ1v) is 8.66. The molecule has 1 heterocycles. The van der Waals surface area contributed by atoms with Gasteiger partial charge in [0.1, 0.15) is 0 Å². The van der Waals surface area contributed by atoms with Crippen LogP contribution in [-0.4, -0.2) is 27.7 Å².